The van der Waals surface area contributed by atoms with Crippen molar-refractivity contribution in [1.29, 1.82) is 0 Å². The third kappa shape index (κ3) is 3.88. The molecule has 2 N–H and O–H groups in total. The Hall–Kier alpha value is -0.280. The second kappa shape index (κ2) is 7.65. The number of piperidine rings is 1. The van der Waals surface area contributed by atoms with Crippen molar-refractivity contribution in [1.82, 2.24) is 4.90 Å². The highest BCUT2D eigenvalue weighted by Crippen LogP contribution is 2.37. The highest BCUT2D eigenvalue weighted by atomic mass is 35.5. The maximum Gasteiger partial charge on any atom is 0.226 e. The molecule has 2 fully saturated rings. The third-order valence-electron chi connectivity index (χ3n) is 5.23. The van der Waals surface area contributed by atoms with E-state index in [2.05, 4.69) is 18.7 Å². The number of likely N-dealkylation sites (tertiary alicyclic amines) is 1. The van der Waals surface area contributed by atoms with E-state index in [-0.39, 0.29) is 18.3 Å². The van der Waals surface area contributed by atoms with E-state index in [0.717, 1.165) is 25.9 Å². The Morgan fingerprint density at radius 2 is 2.10 bits per heavy atom. The van der Waals surface area contributed by atoms with E-state index in [1.54, 1.807) is 0 Å². The fourth-order valence-corrected chi connectivity index (χ4v) is 4.19. The monoisotopic (exact) mass is 302 g/mol. The Labute approximate surface area is 130 Å². The first-order valence-corrected chi connectivity index (χ1v) is 8.08. The Morgan fingerprint density at radius 1 is 1.35 bits per heavy atom. The van der Waals surface area contributed by atoms with Crippen molar-refractivity contribution in [3.8, 4) is 0 Å². The fourth-order valence-electron chi connectivity index (χ4n) is 4.19. The molecule has 1 amide bonds. The van der Waals surface area contributed by atoms with Crippen LogP contribution in [0.5, 0.6) is 0 Å². The van der Waals surface area contributed by atoms with Gasteiger partial charge in [-0.25, -0.2) is 0 Å². The Morgan fingerprint density at radius 3 is 2.75 bits per heavy atom. The molecule has 118 valence electrons. The largest absolute Gasteiger partial charge is 0.342 e. The third-order valence-corrected chi connectivity index (χ3v) is 5.23. The number of amides is 1. The molecule has 0 aromatic rings. The van der Waals surface area contributed by atoms with Crippen molar-refractivity contribution in [2.24, 2.45) is 23.0 Å². The summed E-state index contributed by atoms with van der Waals surface area (Å²) in [5.41, 5.74) is 6.17. The van der Waals surface area contributed by atoms with Gasteiger partial charge in [-0.2, -0.15) is 0 Å². The summed E-state index contributed by atoms with van der Waals surface area (Å²) in [6, 6.07) is 0. The van der Waals surface area contributed by atoms with Crippen LogP contribution in [0.1, 0.15) is 58.8 Å². The van der Waals surface area contributed by atoms with Crippen LogP contribution in [0.4, 0.5) is 0 Å². The molecular formula is C16H31ClN2O. The summed E-state index contributed by atoms with van der Waals surface area (Å²) in [4.78, 5) is 14.9. The minimum atomic E-state index is 0. The zero-order chi connectivity index (χ0) is 13.9. The molecule has 0 bridgehead atoms. The maximum absolute atomic E-state index is 12.7. The zero-order valence-electron chi connectivity index (χ0n) is 13.1. The first-order valence-electron chi connectivity index (χ1n) is 8.08. The number of nitrogens with zero attached hydrogens (tertiary/aromatic N) is 1. The van der Waals surface area contributed by atoms with E-state index in [1.165, 1.54) is 32.1 Å². The highest BCUT2D eigenvalue weighted by molar-refractivity contribution is 5.85. The number of nitrogens with two attached hydrogens (primary N) is 1. The van der Waals surface area contributed by atoms with E-state index < -0.39 is 0 Å². The van der Waals surface area contributed by atoms with Crippen LogP contribution in [0.15, 0.2) is 0 Å². The Bertz CT molecular complexity index is 320. The van der Waals surface area contributed by atoms with Gasteiger partial charge in [0.05, 0.1) is 0 Å². The van der Waals surface area contributed by atoms with Crippen molar-refractivity contribution >= 4 is 18.3 Å². The molecule has 1 unspecified atom stereocenters. The van der Waals surface area contributed by atoms with Crippen molar-refractivity contribution in [2.45, 2.75) is 58.8 Å². The molecule has 1 saturated heterocycles. The van der Waals surface area contributed by atoms with E-state index in [0.29, 0.717) is 23.8 Å². The lowest BCUT2D eigenvalue weighted by Crippen LogP contribution is -2.48. The second-order valence-corrected chi connectivity index (χ2v) is 6.96. The van der Waals surface area contributed by atoms with Crippen LogP contribution in [0.25, 0.3) is 0 Å². The van der Waals surface area contributed by atoms with Crippen LogP contribution in [0, 0.1) is 17.3 Å². The van der Waals surface area contributed by atoms with Crippen molar-refractivity contribution in [3.63, 3.8) is 0 Å². The minimum Gasteiger partial charge on any atom is -0.342 e. The van der Waals surface area contributed by atoms with Crippen molar-refractivity contribution in [2.75, 3.05) is 19.6 Å². The van der Waals surface area contributed by atoms with Gasteiger partial charge in [-0.05, 0) is 50.0 Å². The van der Waals surface area contributed by atoms with E-state index in [4.69, 9.17) is 5.73 Å². The lowest BCUT2D eigenvalue weighted by atomic mass is 9.78. The summed E-state index contributed by atoms with van der Waals surface area (Å²) in [5.74, 6) is 1.05. The first kappa shape index (κ1) is 17.8. The van der Waals surface area contributed by atoms with Crippen LogP contribution in [0.3, 0.4) is 0 Å². The lowest BCUT2D eigenvalue weighted by Gasteiger charge is -2.42. The van der Waals surface area contributed by atoms with E-state index >= 15 is 0 Å². The van der Waals surface area contributed by atoms with Gasteiger partial charge in [0, 0.05) is 19.0 Å². The molecule has 0 aromatic heterocycles. The average molecular weight is 303 g/mol. The van der Waals surface area contributed by atoms with Gasteiger partial charge in [0.15, 0.2) is 0 Å². The van der Waals surface area contributed by atoms with Gasteiger partial charge in [-0.1, -0.05) is 26.7 Å². The zero-order valence-corrected chi connectivity index (χ0v) is 13.9. The van der Waals surface area contributed by atoms with Crippen LogP contribution in [0.2, 0.25) is 0 Å². The summed E-state index contributed by atoms with van der Waals surface area (Å²) in [5, 5.41) is 0. The van der Waals surface area contributed by atoms with Gasteiger partial charge in [-0.3, -0.25) is 4.79 Å². The molecule has 1 aliphatic carbocycles. The average Bonchev–Trinajstić information content (AvgIpc) is 2.86. The molecular weight excluding hydrogens is 272 g/mol. The van der Waals surface area contributed by atoms with Crippen LogP contribution in [-0.2, 0) is 4.79 Å². The van der Waals surface area contributed by atoms with Gasteiger partial charge < -0.3 is 10.6 Å². The minimum absolute atomic E-state index is 0. The fraction of sp³-hybridized carbons (Fsp3) is 0.938. The van der Waals surface area contributed by atoms with Gasteiger partial charge in [0.1, 0.15) is 0 Å². The Kier molecular flexibility index (Phi) is 6.80. The molecule has 0 radical (unpaired) electrons. The lowest BCUT2D eigenvalue weighted by molar-refractivity contribution is -0.140. The van der Waals surface area contributed by atoms with Gasteiger partial charge in [-0.15, -0.1) is 12.4 Å². The number of hydrogen-bond donors (Lipinski definition) is 1. The molecule has 3 nitrogen and oxygen atoms in total. The smallest absolute Gasteiger partial charge is 0.226 e. The van der Waals surface area contributed by atoms with E-state index in [1.807, 2.05) is 0 Å². The summed E-state index contributed by atoms with van der Waals surface area (Å²) < 4.78 is 0. The maximum atomic E-state index is 12.7. The van der Waals surface area contributed by atoms with Crippen LogP contribution < -0.4 is 5.73 Å². The van der Waals surface area contributed by atoms with Crippen molar-refractivity contribution < 1.29 is 4.79 Å². The standard InChI is InChI=1S/C16H30N2O.ClH/c1-3-8-16(2)9-5-10-18(12-16)15(19)14-7-4-6-13(14)11-17;/h13-14H,3-12,17H2,1-2H3;1H/t13-,14-,16?;/m1./s1. The summed E-state index contributed by atoms with van der Waals surface area (Å²) >= 11 is 0. The molecule has 0 aromatic carbocycles. The number of carbonyl (C=O) groups excluding carboxylic acids is 1. The first-order chi connectivity index (χ1) is 9.09. The molecule has 4 heteroatoms. The molecule has 2 rings (SSSR count). The quantitative estimate of drug-likeness (QED) is 0.867. The molecule has 3 atom stereocenters. The number of rotatable bonds is 4. The molecule has 1 aliphatic heterocycles. The SMILES string of the molecule is CCCC1(C)CCCN(C(=O)[C@@H]2CCC[C@@H]2CN)C1.Cl. The van der Waals surface area contributed by atoms with Gasteiger partial charge in [0.25, 0.3) is 0 Å². The molecule has 1 heterocycles. The summed E-state index contributed by atoms with van der Waals surface area (Å²) in [6.07, 6.45) is 8.28. The van der Waals surface area contributed by atoms with Crippen LogP contribution >= 0.6 is 12.4 Å². The van der Waals surface area contributed by atoms with Gasteiger partial charge in [0.2, 0.25) is 5.91 Å². The number of halogens is 1. The van der Waals surface area contributed by atoms with Gasteiger partial charge >= 0.3 is 0 Å². The highest BCUT2D eigenvalue weighted by Gasteiger charge is 2.38. The predicted molar refractivity (Wildman–Crippen MR) is 86.0 cm³/mol. The van der Waals surface area contributed by atoms with Crippen molar-refractivity contribution in [3.05, 3.63) is 0 Å². The van der Waals surface area contributed by atoms with E-state index in [9.17, 15) is 4.79 Å². The molecule has 1 saturated carbocycles. The molecule has 0 spiro atoms. The summed E-state index contributed by atoms with van der Waals surface area (Å²) in [6.45, 7) is 7.20. The normalized spacial score (nSPS) is 33.9. The molecule has 20 heavy (non-hydrogen) atoms. The molecule has 2 aliphatic rings. The van der Waals surface area contributed by atoms with Crippen LogP contribution in [-0.4, -0.2) is 30.4 Å². The predicted octanol–water partition coefficient (Wildman–Crippen LogP) is 3.21. The second-order valence-electron chi connectivity index (χ2n) is 6.96. The Balaban J connectivity index is 0.00000200. The topological polar surface area (TPSA) is 46.3 Å². The summed E-state index contributed by atoms with van der Waals surface area (Å²) in [7, 11) is 0. The number of carbonyl (C=O) groups is 1. The number of hydrogen-bond acceptors (Lipinski definition) is 2.